The molecule has 1 saturated carbocycles. The summed E-state index contributed by atoms with van der Waals surface area (Å²) in [5.74, 6) is 0. The van der Waals surface area contributed by atoms with E-state index in [1.807, 2.05) is 12.1 Å². The molecular formula is C13H19NO2S. The zero-order chi connectivity index (χ0) is 12.9. The standard InChI is InChI=1S/C13H19NO2S/c1-12(2,3)10-4-6-11(7-5-10)17(15,16)13(14)8-9-13/h4-7H,8-9,14H2,1-3H3. The third-order valence-electron chi connectivity index (χ3n) is 3.31. The van der Waals surface area contributed by atoms with Crippen molar-refractivity contribution in [1.82, 2.24) is 0 Å². The summed E-state index contributed by atoms with van der Waals surface area (Å²) in [6.45, 7) is 6.30. The average Bonchev–Trinajstić information content (AvgIpc) is 2.97. The monoisotopic (exact) mass is 253 g/mol. The third kappa shape index (κ3) is 2.11. The molecule has 1 fully saturated rings. The third-order valence-corrected chi connectivity index (χ3v) is 5.68. The summed E-state index contributed by atoms with van der Waals surface area (Å²) in [5.41, 5.74) is 6.95. The molecule has 1 aromatic rings. The quantitative estimate of drug-likeness (QED) is 0.879. The number of nitrogens with two attached hydrogens (primary N) is 1. The van der Waals surface area contributed by atoms with E-state index in [0.717, 1.165) is 5.56 Å². The van der Waals surface area contributed by atoms with E-state index in [0.29, 0.717) is 17.7 Å². The van der Waals surface area contributed by atoms with Gasteiger partial charge in [0.05, 0.1) is 4.90 Å². The lowest BCUT2D eigenvalue weighted by Crippen LogP contribution is -2.32. The van der Waals surface area contributed by atoms with Gasteiger partial charge in [0.25, 0.3) is 0 Å². The maximum atomic E-state index is 12.2. The van der Waals surface area contributed by atoms with Crippen molar-refractivity contribution in [3.8, 4) is 0 Å². The first-order valence-electron chi connectivity index (χ1n) is 5.81. The van der Waals surface area contributed by atoms with E-state index in [4.69, 9.17) is 5.73 Å². The second kappa shape index (κ2) is 3.56. The predicted octanol–water partition coefficient (Wildman–Crippen LogP) is 2.21. The summed E-state index contributed by atoms with van der Waals surface area (Å²) >= 11 is 0. The van der Waals surface area contributed by atoms with Gasteiger partial charge in [-0.05, 0) is 36.0 Å². The number of benzene rings is 1. The van der Waals surface area contributed by atoms with Crippen LogP contribution in [0, 0.1) is 0 Å². The van der Waals surface area contributed by atoms with Crippen LogP contribution in [-0.4, -0.2) is 13.3 Å². The SMILES string of the molecule is CC(C)(C)c1ccc(S(=O)(=O)C2(N)CC2)cc1. The Morgan fingerprint density at radius 1 is 1.12 bits per heavy atom. The van der Waals surface area contributed by atoms with Gasteiger partial charge in [0.1, 0.15) is 4.87 Å². The van der Waals surface area contributed by atoms with Gasteiger partial charge in [0.15, 0.2) is 9.84 Å². The summed E-state index contributed by atoms with van der Waals surface area (Å²) in [7, 11) is -3.35. The molecule has 0 spiro atoms. The molecule has 94 valence electrons. The van der Waals surface area contributed by atoms with E-state index in [9.17, 15) is 8.42 Å². The number of hydrogen-bond acceptors (Lipinski definition) is 3. The van der Waals surface area contributed by atoms with Crippen molar-refractivity contribution in [2.45, 2.75) is 48.8 Å². The van der Waals surface area contributed by atoms with Crippen molar-refractivity contribution < 1.29 is 8.42 Å². The van der Waals surface area contributed by atoms with E-state index < -0.39 is 14.7 Å². The maximum Gasteiger partial charge on any atom is 0.196 e. The van der Waals surface area contributed by atoms with E-state index in [1.54, 1.807) is 12.1 Å². The molecule has 0 saturated heterocycles. The lowest BCUT2D eigenvalue weighted by molar-refractivity contribution is 0.576. The summed E-state index contributed by atoms with van der Waals surface area (Å²) in [6, 6.07) is 7.09. The summed E-state index contributed by atoms with van der Waals surface area (Å²) < 4.78 is 24.3. The predicted molar refractivity (Wildman–Crippen MR) is 68.5 cm³/mol. The van der Waals surface area contributed by atoms with Crippen LogP contribution in [0.15, 0.2) is 29.2 Å². The Labute approximate surface area is 103 Å². The smallest absolute Gasteiger partial charge is 0.196 e. The van der Waals surface area contributed by atoms with Gasteiger partial charge in [-0.25, -0.2) is 8.42 Å². The highest BCUT2D eigenvalue weighted by atomic mass is 32.2. The van der Waals surface area contributed by atoms with Crippen molar-refractivity contribution in [3.63, 3.8) is 0 Å². The van der Waals surface area contributed by atoms with E-state index in [2.05, 4.69) is 20.8 Å². The van der Waals surface area contributed by atoms with Gasteiger partial charge in [0, 0.05) is 0 Å². The molecule has 17 heavy (non-hydrogen) atoms. The van der Waals surface area contributed by atoms with Gasteiger partial charge >= 0.3 is 0 Å². The molecule has 4 heteroatoms. The first-order chi connectivity index (χ1) is 7.67. The zero-order valence-electron chi connectivity index (χ0n) is 10.5. The van der Waals surface area contributed by atoms with Gasteiger partial charge in [0.2, 0.25) is 0 Å². The van der Waals surface area contributed by atoms with Gasteiger partial charge in [-0.15, -0.1) is 0 Å². The van der Waals surface area contributed by atoms with Crippen LogP contribution in [0.5, 0.6) is 0 Å². The fourth-order valence-electron chi connectivity index (χ4n) is 1.76. The minimum Gasteiger partial charge on any atom is -0.312 e. The molecule has 0 radical (unpaired) electrons. The first kappa shape index (κ1) is 12.6. The highest BCUT2D eigenvalue weighted by molar-refractivity contribution is 7.93. The minimum absolute atomic E-state index is 0.0300. The van der Waals surface area contributed by atoms with Crippen LogP contribution in [0.1, 0.15) is 39.2 Å². The molecular weight excluding hydrogens is 234 g/mol. The summed E-state index contributed by atoms with van der Waals surface area (Å²) in [4.78, 5) is -0.665. The van der Waals surface area contributed by atoms with Crippen molar-refractivity contribution in [1.29, 1.82) is 0 Å². The minimum atomic E-state index is -3.35. The van der Waals surface area contributed by atoms with Crippen LogP contribution in [-0.2, 0) is 15.3 Å². The normalized spacial score (nSPS) is 19.1. The maximum absolute atomic E-state index is 12.2. The Hall–Kier alpha value is -0.870. The van der Waals surface area contributed by atoms with Crippen LogP contribution in [0.2, 0.25) is 0 Å². The summed E-state index contributed by atoms with van der Waals surface area (Å²) in [5, 5.41) is 0. The van der Waals surface area contributed by atoms with Crippen LogP contribution in [0.25, 0.3) is 0 Å². The van der Waals surface area contributed by atoms with Gasteiger partial charge in [-0.3, -0.25) is 0 Å². The molecule has 0 bridgehead atoms. The molecule has 0 heterocycles. The largest absolute Gasteiger partial charge is 0.312 e. The highest BCUT2D eigenvalue weighted by Crippen LogP contribution is 2.41. The average molecular weight is 253 g/mol. The van der Waals surface area contributed by atoms with Gasteiger partial charge < -0.3 is 5.73 Å². The fraction of sp³-hybridized carbons (Fsp3) is 0.538. The summed E-state index contributed by atoms with van der Waals surface area (Å²) in [6.07, 6.45) is 1.13. The molecule has 0 aliphatic heterocycles. The van der Waals surface area contributed by atoms with Crippen LogP contribution < -0.4 is 5.73 Å². The van der Waals surface area contributed by atoms with Crippen molar-refractivity contribution in [3.05, 3.63) is 29.8 Å². The molecule has 1 aliphatic carbocycles. The molecule has 2 rings (SSSR count). The van der Waals surface area contributed by atoms with E-state index >= 15 is 0 Å². The highest BCUT2D eigenvalue weighted by Gasteiger charge is 2.51. The molecule has 2 N–H and O–H groups in total. The molecule has 1 aliphatic rings. The molecule has 0 aromatic heterocycles. The first-order valence-corrected chi connectivity index (χ1v) is 7.29. The second-order valence-corrected chi connectivity index (χ2v) is 8.13. The van der Waals surface area contributed by atoms with Crippen LogP contribution in [0.3, 0.4) is 0 Å². The Bertz CT molecular complexity index is 520. The zero-order valence-corrected chi connectivity index (χ0v) is 11.3. The number of sulfone groups is 1. The van der Waals surface area contributed by atoms with E-state index in [-0.39, 0.29) is 5.41 Å². The van der Waals surface area contributed by atoms with Crippen molar-refractivity contribution in [2.24, 2.45) is 5.73 Å². The second-order valence-electron chi connectivity index (χ2n) is 5.84. The van der Waals surface area contributed by atoms with Crippen LogP contribution in [0.4, 0.5) is 0 Å². The Morgan fingerprint density at radius 2 is 1.59 bits per heavy atom. The number of rotatable bonds is 2. The number of hydrogen-bond donors (Lipinski definition) is 1. The lowest BCUT2D eigenvalue weighted by Gasteiger charge is -2.19. The van der Waals surface area contributed by atoms with Crippen molar-refractivity contribution >= 4 is 9.84 Å². The Balaban J connectivity index is 2.37. The molecule has 1 aromatic carbocycles. The molecule has 0 atom stereocenters. The van der Waals surface area contributed by atoms with Crippen LogP contribution >= 0.6 is 0 Å². The Morgan fingerprint density at radius 3 is 1.94 bits per heavy atom. The fourth-order valence-corrected chi connectivity index (χ4v) is 3.36. The molecule has 0 amide bonds. The van der Waals surface area contributed by atoms with E-state index in [1.165, 1.54) is 0 Å². The molecule has 0 unspecified atom stereocenters. The van der Waals surface area contributed by atoms with Gasteiger partial charge in [-0.1, -0.05) is 32.9 Å². The Kier molecular flexibility index (Phi) is 2.64. The topological polar surface area (TPSA) is 60.2 Å². The molecule has 3 nitrogen and oxygen atoms in total. The van der Waals surface area contributed by atoms with Gasteiger partial charge in [-0.2, -0.15) is 0 Å². The lowest BCUT2D eigenvalue weighted by atomic mass is 9.87. The van der Waals surface area contributed by atoms with Crippen molar-refractivity contribution in [2.75, 3.05) is 0 Å².